The average Bonchev–Trinajstić information content (AvgIpc) is 3.76. The summed E-state index contributed by atoms with van der Waals surface area (Å²) in [5.41, 5.74) is 1.36. The van der Waals surface area contributed by atoms with E-state index in [9.17, 15) is 4.79 Å². The van der Waals surface area contributed by atoms with Crippen molar-refractivity contribution in [3.05, 3.63) is 29.3 Å². The Morgan fingerprint density at radius 3 is 2.00 bits per heavy atom. The molecule has 34 heavy (non-hydrogen) atoms. The molecule has 0 N–H and O–H groups in total. The molecule has 4 fully saturated rings. The number of ether oxygens (including phenoxy) is 5. The number of benzene rings is 1. The van der Waals surface area contributed by atoms with Gasteiger partial charge in [0.05, 0.1) is 31.5 Å². The number of aryl methyl sites for hydroxylation is 1. The minimum Gasteiger partial charge on any atom is -0.490 e. The topological polar surface area (TPSA) is 69.8 Å². The van der Waals surface area contributed by atoms with Gasteiger partial charge in [-0.3, -0.25) is 0 Å². The second-order valence-corrected chi connectivity index (χ2v) is 11.5. The highest BCUT2D eigenvalue weighted by atomic mass is 16.6. The van der Waals surface area contributed by atoms with Crippen molar-refractivity contribution in [2.24, 2.45) is 11.8 Å². The molecule has 0 radical (unpaired) electrons. The molecule has 188 valence electrons. The SMILES string of the molecule is Cc1cc(OCC2(C)CO2)ccc1C(=O)OC1CCC(C2CCC(OCC3(C)CO3)CC2)CC1. The number of hydrogen-bond donors (Lipinski definition) is 0. The molecule has 6 nitrogen and oxygen atoms in total. The van der Waals surface area contributed by atoms with E-state index in [1.165, 1.54) is 25.7 Å². The highest BCUT2D eigenvalue weighted by Crippen LogP contribution is 2.40. The molecule has 1 aromatic rings. The minimum atomic E-state index is -0.212. The lowest BCUT2D eigenvalue weighted by Gasteiger charge is -2.37. The predicted octanol–water partition coefficient (Wildman–Crippen LogP) is 5.24. The van der Waals surface area contributed by atoms with Gasteiger partial charge in [-0.1, -0.05) is 0 Å². The van der Waals surface area contributed by atoms with Gasteiger partial charge in [0, 0.05) is 0 Å². The number of carbonyl (C=O) groups is 1. The fourth-order valence-electron chi connectivity index (χ4n) is 5.52. The Morgan fingerprint density at radius 2 is 1.44 bits per heavy atom. The van der Waals surface area contributed by atoms with Crippen molar-refractivity contribution >= 4 is 5.97 Å². The van der Waals surface area contributed by atoms with E-state index in [1.807, 2.05) is 32.0 Å². The monoisotopic (exact) mass is 472 g/mol. The summed E-state index contributed by atoms with van der Waals surface area (Å²) in [6, 6.07) is 5.59. The smallest absolute Gasteiger partial charge is 0.338 e. The van der Waals surface area contributed by atoms with Crippen LogP contribution in [0.2, 0.25) is 0 Å². The van der Waals surface area contributed by atoms with E-state index in [-0.39, 0.29) is 23.3 Å². The molecule has 5 rings (SSSR count). The van der Waals surface area contributed by atoms with E-state index in [0.717, 1.165) is 68.7 Å². The maximum Gasteiger partial charge on any atom is 0.338 e. The van der Waals surface area contributed by atoms with Crippen molar-refractivity contribution in [2.75, 3.05) is 26.4 Å². The van der Waals surface area contributed by atoms with Crippen molar-refractivity contribution < 1.29 is 28.5 Å². The van der Waals surface area contributed by atoms with Crippen molar-refractivity contribution in [3.63, 3.8) is 0 Å². The Kier molecular flexibility index (Phi) is 6.93. The Bertz CT molecular complexity index is 858. The molecule has 2 aliphatic carbocycles. The van der Waals surface area contributed by atoms with Gasteiger partial charge in [-0.25, -0.2) is 4.79 Å². The Labute approximate surface area is 203 Å². The third-order valence-electron chi connectivity index (χ3n) is 8.24. The van der Waals surface area contributed by atoms with Crippen LogP contribution in [0, 0.1) is 18.8 Å². The molecule has 6 heteroatoms. The van der Waals surface area contributed by atoms with Gasteiger partial charge in [-0.15, -0.1) is 0 Å². The molecule has 0 amide bonds. The summed E-state index contributed by atoms with van der Waals surface area (Å²) in [6.07, 6.45) is 9.56. The molecule has 2 atom stereocenters. The number of esters is 1. The van der Waals surface area contributed by atoms with Crippen LogP contribution in [0.1, 0.15) is 81.1 Å². The standard InChI is InChI=1S/C28H40O6/c1-19-14-24(31-16-28(3)18-33-28)12-13-25(19)26(29)34-23-10-6-21(7-11-23)20-4-8-22(9-5-20)30-15-27(2)17-32-27/h12-14,20-23H,4-11,15-18H2,1-3H3. The summed E-state index contributed by atoms with van der Waals surface area (Å²) in [7, 11) is 0. The molecule has 1 aromatic carbocycles. The lowest BCUT2D eigenvalue weighted by atomic mass is 9.72. The van der Waals surface area contributed by atoms with Crippen molar-refractivity contribution in [1.82, 2.24) is 0 Å². The molecule has 2 aliphatic heterocycles. The molecular weight excluding hydrogens is 432 g/mol. The van der Waals surface area contributed by atoms with Crippen LogP contribution in [-0.4, -0.2) is 55.8 Å². The van der Waals surface area contributed by atoms with Gasteiger partial charge >= 0.3 is 5.97 Å². The first-order valence-corrected chi connectivity index (χ1v) is 13.1. The maximum absolute atomic E-state index is 12.8. The lowest BCUT2D eigenvalue weighted by Crippen LogP contribution is -2.32. The third kappa shape index (κ3) is 6.13. The van der Waals surface area contributed by atoms with E-state index < -0.39 is 0 Å². The molecule has 2 saturated carbocycles. The zero-order valence-electron chi connectivity index (χ0n) is 21.0. The van der Waals surface area contributed by atoms with Crippen LogP contribution in [0.25, 0.3) is 0 Å². The van der Waals surface area contributed by atoms with E-state index >= 15 is 0 Å². The van der Waals surface area contributed by atoms with Gasteiger partial charge in [-0.2, -0.15) is 0 Å². The minimum absolute atomic E-state index is 0.00894. The van der Waals surface area contributed by atoms with Crippen LogP contribution in [0.4, 0.5) is 0 Å². The first-order chi connectivity index (χ1) is 16.3. The highest BCUT2D eigenvalue weighted by molar-refractivity contribution is 5.91. The normalized spacial score (nSPS) is 37.1. The summed E-state index contributed by atoms with van der Waals surface area (Å²) in [4.78, 5) is 12.8. The van der Waals surface area contributed by atoms with Gasteiger partial charge in [0.25, 0.3) is 0 Å². The van der Waals surface area contributed by atoms with Gasteiger partial charge in [0.2, 0.25) is 0 Å². The van der Waals surface area contributed by atoms with E-state index in [2.05, 4.69) is 6.92 Å². The zero-order chi connectivity index (χ0) is 23.8. The van der Waals surface area contributed by atoms with Crippen molar-refractivity contribution in [3.8, 4) is 5.75 Å². The van der Waals surface area contributed by atoms with E-state index in [1.54, 1.807) is 0 Å². The number of carbonyl (C=O) groups excluding carboxylic acids is 1. The highest BCUT2D eigenvalue weighted by Gasteiger charge is 2.41. The third-order valence-corrected chi connectivity index (χ3v) is 8.24. The second-order valence-electron chi connectivity index (χ2n) is 11.5. The summed E-state index contributed by atoms with van der Waals surface area (Å²) in [5, 5.41) is 0. The average molecular weight is 473 g/mol. The Morgan fingerprint density at radius 1 is 0.882 bits per heavy atom. The van der Waals surface area contributed by atoms with E-state index in [4.69, 9.17) is 23.7 Å². The van der Waals surface area contributed by atoms with Gasteiger partial charge in [-0.05, 0) is 108 Å². The largest absolute Gasteiger partial charge is 0.490 e. The second kappa shape index (κ2) is 9.79. The Hall–Kier alpha value is -1.63. The fraction of sp³-hybridized carbons (Fsp3) is 0.750. The van der Waals surface area contributed by atoms with Crippen LogP contribution < -0.4 is 4.74 Å². The van der Waals surface area contributed by atoms with Gasteiger partial charge in [0.1, 0.15) is 29.7 Å². The summed E-state index contributed by atoms with van der Waals surface area (Å²) in [6.45, 7) is 8.94. The van der Waals surface area contributed by atoms with Crippen LogP contribution in [0.15, 0.2) is 18.2 Å². The van der Waals surface area contributed by atoms with Crippen LogP contribution in [0.3, 0.4) is 0 Å². The molecule has 2 heterocycles. The van der Waals surface area contributed by atoms with Crippen molar-refractivity contribution in [1.29, 1.82) is 0 Å². The van der Waals surface area contributed by atoms with E-state index in [0.29, 0.717) is 18.3 Å². The molecule has 0 aromatic heterocycles. The molecule has 2 unspecified atom stereocenters. The first-order valence-electron chi connectivity index (χ1n) is 13.1. The molecule has 0 spiro atoms. The Balaban J connectivity index is 1.03. The van der Waals surface area contributed by atoms with Crippen molar-refractivity contribution in [2.45, 2.75) is 95.5 Å². The summed E-state index contributed by atoms with van der Waals surface area (Å²) in [5.74, 6) is 2.11. The number of rotatable bonds is 9. The van der Waals surface area contributed by atoms with Crippen LogP contribution >= 0.6 is 0 Å². The summed E-state index contributed by atoms with van der Waals surface area (Å²) < 4.78 is 28.6. The fourth-order valence-corrected chi connectivity index (χ4v) is 5.52. The zero-order valence-corrected chi connectivity index (χ0v) is 21.0. The molecule has 0 bridgehead atoms. The van der Waals surface area contributed by atoms with Gasteiger partial charge < -0.3 is 23.7 Å². The first kappa shape index (κ1) is 24.1. The van der Waals surface area contributed by atoms with Gasteiger partial charge in [0.15, 0.2) is 0 Å². The number of epoxide rings is 2. The number of hydrogen-bond acceptors (Lipinski definition) is 6. The lowest BCUT2D eigenvalue weighted by molar-refractivity contribution is -0.0187. The molecular formula is C28H40O6. The maximum atomic E-state index is 12.8. The summed E-state index contributed by atoms with van der Waals surface area (Å²) >= 11 is 0. The molecule has 2 saturated heterocycles. The molecule has 4 aliphatic rings. The van der Waals surface area contributed by atoms with Crippen LogP contribution in [0.5, 0.6) is 5.75 Å². The van der Waals surface area contributed by atoms with Crippen LogP contribution in [-0.2, 0) is 18.9 Å². The quantitative estimate of drug-likeness (QED) is 0.361. The predicted molar refractivity (Wildman–Crippen MR) is 128 cm³/mol.